The number of anilines is 1. The number of hydrogen-bond donors (Lipinski definition) is 0. The molecule has 2 aliphatic heterocycles. The Morgan fingerprint density at radius 3 is 2.33 bits per heavy atom. The molecule has 0 aromatic carbocycles. The molecule has 0 radical (unpaired) electrons. The molecule has 10 heteroatoms. The van der Waals surface area contributed by atoms with Gasteiger partial charge in [0.05, 0.1) is 18.8 Å². The Balaban J connectivity index is 1.84. The minimum absolute atomic E-state index is 0.196. The van der Waals surface area contributed by atoms with Gasteiger partial charge in [0.25, 0.3) is 0 Å². The minimum Gasteiger partial charge on any atom is -0.366 e. The van der Waals surface area contributed by atoms with E-state index in [1.54, 1.807) is 12.3 Å². The molecule has 3 rings (SSSR count). The molecule has 0 amide bonds. The normalized spacial score (nSPS) is 20.2. The molecule has 1 aromatic heterocycles. The van der Waals surface area contributed by atoms with E-state index in [9.17, 15) is 18.5 Å². The minimum atomic E-state index is -3.59. The molecular weight excluding hydrogens is 334 g/mol. The lowest BCUT2D eigenvalue weighted by Crippen LogP contribution is -2.49. The van der Waals surface area contributed by atoms with Gasteiger partial charge in [-0.05, 0) is 18.9 Å². The van der Waals surface area contributed by atoms with Crippen LogP contribution >= 0.6 is 0 Å². The number of piperazine rings is 1. The van der Waals surface area contributed by atoms with Crippen molar-refractivity contribution in [2.24, 2.45) is 0 Å². The van der Waals surface area contributed by atoms with E-state index >= 15 is 0 Å². The van der Waals surface area contributed by atoms with Gasteiger partial charge in [0.1, 0.15) is 4.90 Å². The van der Waals surface area contributed by atoms with E-state index < -0.39 is 15.1 Å². The van der Waals surface area contributed by atoms with Crippen molar-refractivity contribution in [1.29, 1.82) is 0 Å². The van der Waals surface area contributed by atoms with Gasteiger partial charge in [0, 0.05) is 38.6 Å². The fourth-order valence-corrected chi connectivity index (χ4v) is 4.85. The zero-order chi connectivity index (χ0) is 17.2. The Morgan fingerprint density at radius 1 is 1.04 bits per heavy atom. The van der Waals surface area contributed by atoms with Gasteiger partial charge in [-0.25, -0.2) is 18.5 Å². The Labute approximate surface area is 141 Å². The first-order valence-corrected chi connectivity index (χ1v) is 9.52. The lowest BCUT2D eigenvalue weighted by atomic mass is 10.2. The van der Waals surface area contributed by atoms with E-state index in [0.29, 0.717) is 31.9 Å². The van der Waals surface area contributed by atoms with Crippen molar-refractivity contribution in [2.45, 2.75) is 24.2 Å². The fraction of sp³-hybridized carbons (Fsp3) is 0.643. The summed E-state index contributed by atoms with van der Waals surface area (Å²) in [4.78, 5) is 16.9. The van der Waals surface area contributed by atoms with Gasteiger partial charge in [-0.2, -0.15) is 4.31 Å². The van der Waals surface area contributed by atoms with Gasteiger partial charge >= 0.3 is 0 Å². The highest BCUT2D eigenvalue weighted by atomic mass is 32.2. The molecule has 0 spiro atoms. The molecule has 2 saturated heterocycles. The number of nitro groups is 1. The van der Waals surface area contributed by atoms with Crippen molar-refractivity contribution in [2.75, 3.05) is 44.2 Å². The molecule has 2 fully saturated rings. The van der Waals surface area contributed by atoms with Gasteiger partial charge < -0.3 is 4.90 Å². The van der Waals surface area contributed by atoms with E-state index in [0.717, 1.165) is 24.3 Å². The molecule has 3 heterocycles. The third-order valence-electron chi connectivity index (χ3n) is 4.52. The molecule has 9 nitrogen and oxygen atoms in total. The summed E-state index contributed by atoms with van der Waals surface area (Å²) in [6, 6.07) is 1.68. The second-order valence-corrected chi connectivity index (χ2v) is 7.89. The molecule has 0 unspecified atom stereocenters. The third kappa shape index (κ3) is 3.29. The van der Waals surface area contributed by atoms with E-state index in [2.05, 4.69) is 4.98 Å². The van der Waals surface area contributed by atoms with Crippen LogP contribution < -0.4 is 4.90 Å². The number of aromatic nitrogens is 1. The van der Waals surface area contributed by atoms with Gasteiger partial charge in [0.15, 0.2) is 5.03 Å². The maximum absolute atomic E-state index is 13.0. The summed E-state index contributed by atoms with van der Waals surface area (Å²) in [5, 5.41) is 11.6. The van der Waals surface area contributed by atoms with Crippen LogP contribution in [0.4, 0.5) is 5.69 Å². The van der Waals surface area contributed by atoms with E-state index in [-0.39, 0.29) is 18.0 Å². The lowest BCUT2D eigenvalue weighted by Gasteiger charge is -2.34. The maximum Gasteiger partial charge on any atom is 0.246 e. The van der Waals surface area contributed by atoms with Crippen LogP contribution in [-0.4, -0.2) is 67.0 Å². The SMILES string of the molecule is O=[N+]([O-])N1CCN(c2ccncc2S(=O)(=O)N2CCCCC2)CC1. The van der Waals surface area contributed by atoms with Crippen molar-refractivity contribution in [3.8, 4) is 0 Å². The Morgan fingerprint density at radius 2 is 1.71 bits per heavy atom. The smallest absolute Gasteiger partial charge is 0.246 e. The van der Waals surface area contributed by atoms with Crippen LogP contribution in [0.5, 0.6) is 0 Å². The molecule has 2 aliphatic rings. The van der Waals surface area contributed by atoms with Crippen LogP contribution in [0.25, 0.3) is 0 Å². The number of sulfonamides is 1. The second kappa shape index (κ2) is 6.89. The number of pyridine rings is 1. The highest BCUT2D eigenvalue weighted by Gasteiger charge is 2.31. The first-order valence-electron chi connectivity index (χ1n) is 8.08. The van der Waals surface area contributed by atoms with Crippen LogP contribution in [-0.2, 0) is 10.0 Å². The predicted molar refractivity (Wildman–Crippen MR) is 87.6 cm³/mol. The summed E-state index contributed by atoms with van der Waals surface area (Å²) in [7, 11) is -3.59. The molecule has 0 N–H and O–H groups in total. The van der Waals surface area contributed by atoms with Crippen molar-refractivity contribution in [1.82, 2.24) is 14.3 Å². The van der Waals surface area contributed by atoms with Crippen LogP contribution in [0.2, 0.25) is 0 Å². The second-order valence-electron chi connectivity index (χ2n) is 5.99. The number of nitrogens with zero attached hydrogens (tertiary/aromatic N) is 5. The summed E-state index contributed by atoms with van der Waals surface area (Å²) >= 11 is 0. The van der Waals surface area contributed by atoms with Crippen molar-refractivity contribution in [3.05, 3.63) is 28.6 Å². The number of piperidine rings is 1. The standard InChI is InChI=1S/C14H21N5O4S/c20-19(21)17-10-8-16(9-11-17)13-4-5-15-12-14(13)24(22,23)18-6-2-1-3-7-18/h4-5,12H,1-3,6-11H2. The summed E-state index contributed by atoms with van der Waals surface area (Å²) < 4.78 is 27.4. The topological polar surface area (TPSA) is 99.9 Å². The zero-order valence-corrected chi connectivity index (χ0v) is 14.2. The Bertz CT molecular complexity index is 697. The maximum atomic E-state index is 13.0. The van der Waals surface area contributed by atoms with Gasteiger partial charge in [-0.3, -0.25) is 4.98 Å². The molecule has 0 aliphatic carbocycles. The molecule has 1 aromatic rings. The quantitative estimate of drug-likeness (QED) is 0.575. The molecular formula is C14H21N5O4S. The van der Waals surface area contributed by atoms with Crippen molar-refractivity contribution >= 4 is 15.7 Å². The van der Waals surface area contributed by atoms with E-state index in [1.807, 2.05) is 4.90 Å². The summed E-state index contributed by atoms with van der Waals surface area (Å²) in [5.41, 5.74) is 0.582. The van der Waals surface area contributed by atoms with Crippen LogP contribution in [0.1, 0.15) is 19.3 Å². The predicted octanol–water partition coefficient (Wildman–Crippen LogP) is 0.570. The molecule has 0 bridgehead atoms. The Hall–Kier alpha value is -1.94. The average Bonchev–Trinajstić information content (AvgIpc) is 2.62. The summed E-state index contributed by atoms with van der Waals surface area (Å²) in [6.07, 6.45) is 5.74. The van der Waals surface area contributed by atoms with Crippen LogP contribution in [0.15, 0.2) is 23.4 Å². The largest absolute Gasteiger partial charge is 0.366 e. The molecule has 24 heavy (non-hydrogen) atoms. The summed E-state index contributed by atoms with van der Waals surface area (Å²) in [6.45, 7) is 2.41. The summed E-state index contributed by atoms with van der Waals surface area (Å²) in [5.74, 6) is 0. The number of hydrazine groups is 1. The first kappa shape index (κ1) is 16.9. The number of rotatable bonds is 4. The van der Waals surface area contributed by atoms with Crippen molar-refractivity contribution < 1.29 is 13.5 Å². The van der Waals surface area contributed by atoms with Gasteiger partial charge in [-0.15, -0.1) is 5.01 Å². The van der Waals surface area contributed by atoms with E-state index in [4.69, 9.17) is 0 Å². The average molecular weight is 355 g/mol. The highest BCUT2D eigenvalue weighted by Crippen LogP contribution is 2.29. The van der Waals surface area contributed by atoms with Crippen LogP contribution in [0, 0.1) is 10.1 Å². The Kier molecular flexibility index (Phi) is 4.86. The highest BCUT2D eigenvalue weighted by molar-refractivity contribution is 7.89. The van der Waals surface area contributed by atoms with Gasteiger partial charge in [0.2, 0.25) is 10.0 Å². The van der Waals surface area contributed by atoms with Crippen molar-refractivity contribution in [3.63, 3.8) is 0 Å². The molecule has 0 saturated carbocycles. The first-order chi connectivity index (χ1) is 11.5. The monoisotopic (exact) mass is 355 g/mol. The van der Waals surface area contributed by atoms with Crippen LogP contribution in [0.3, 0.4) is 0 Å². The van der Waals surface area contributed by atoms with Gasteiger partial charge in [-0.1, -0.05) is 6.42 Å². The third-order valence-corrected chi connectivity index (χ3v) is 6.44. The van der Waals surface area contributed by atoms with E-state index in [1.165, 1.54) is 10.5 Å². The number of hydrogen-bond acceptors (Lipinski definition) is 6. The molecule has 132 valence electrons. The lowest BCUT2D eigenvalue weighted by molar-refractivity contribution is -0.655. The fourth-order valence-electron chi connectivity index (χ4n) is 3.18. The molecule has 0 atom stereocenters. The zero-order valence-electron chi connectivity index (χ0n) is 13.4.